The quantitative estimate of drug-likeness (QED) is 0.0261. The van der Waals surface area contributed by atoms with Gasteiger partial charge in [-0.1, -0.05) is 333 Å². The molecule has 0 N–H and O–H groups in total. The topological polar surface area (TPSA) is 78.9 Å². The molecule has 1 atom stereocenters. The molecular weight excluding hydrogens is 937 g/mol. The second-order valence-corrected chi connectivity index (χ2v) is 22.7. The Bertz CT molecular complexity index is 1310. The van der Waals surface area contributed by atoms with E-state index in [2.05, 4.69) is 69.4 Å². The number of esters is 3. The molecule has 0 aromatic rings. The van der Waals surface area contributed by atoms with Gasteiger partial charge in [0.1, 0.15) is 13.2 Å². The third-order valence-corrected chi connectivity index (χ3v) is 15.1. The van der Waals surface area contributed by atoms with Crippen LogP contribution in [0.4, 0.5) is 0 Å². The fraction of sp³-hybridized carbons (Fsp3) is 0.843. The summed E-state index contributed by atoms with van der Waals surface area (Å²) in [5.74, 6) is -0.840. The number of hydrogen-bond donors (Lipinski definition) is 0. The maximum atomic E-state index is 12.9. The fourth-order valence-electron chi connectivity index (χ4n) is 10.1. The van der Waals surface area contributed by atoms with E-state index >= 15 is 0 Å². The van der Waals surface area contributed by atoms with Gasteiger partial charge in [-0.25, -0.2) is 0 Å². The van der Waals surface area contributed by atoms with Crippen molar-refractivity contribution in [2.75, 3.05) is 13.2 Å². The van der Waals surface area contributed by atoms with E-state index in [0.29, 0.717) is 19.3 Å². The number of carbonyl (C=O) groups is 3. The summed E-state index contributed by atoms with van der Waals surface area (Å²) in [6.45, 7) is 6.58. The first-order valence-corrected chi connectivity index (χ1v) is 33.6. The normalized spacial score (nSPS) is 12.3. The molecule has 0 aliphatic rings. The van der Waals surface area contributed by atoms with Gasteiger partial charge in [-0.2, -0.15) is 0 Å². The van der Waals surface area contributed by atoms with Crippen molar-refractivity contribution in [2.24, 2.45) is 0 Å². The predicted molar refractivity (Wildman–Crippen MR) is 330 cm³/mol. The third-order valence-electron chi connectivity index (χ3n) is 15.1. The molecule has 6 nitrogen and oxygen atoms in total. The summed E-state index contributed by atoms with van der Waals surface area (Å²) in [4.78, 5) is 38.3. The Balaban J connectivity index is 4.15. The van der Waals surface area contributed by atoms with Gasteiger partial charge in [0.25, 0.3) is 0 Å². The average Bonchev–Trinajstić information content (AvgIpc) is 3.42. The molecule has 76 heavy (non-hydrogen) atoms. The lowest BCUT2D eigenvalue weighted by Gasteiger charge is -2.18. The fourth-order valence-corrected chi connectivity index (χ4v) is 10.1. The molecule has 0 saturated carbocycles. The van der Waals surface area contributed by atoms with E-state index in [9.17, 15) is 14.4 Å². The summed E-state index contributed by atoms with van der Waals surface area (Å²) >= 11 is 0. The molecule has 6 heteroatoms. The number of hydrogen-bond acceptors (Lipinski definition) is 6. The highest BCUT2D eigenvalue weighted by Crippen LogP contribution is 2.18. The minimum atomic E-state index is -0.768. The van der Waals surface area contributed by atoms with Crippen LogP contribution in [-0.2, 0) is 28.6 Å². The van der Waals surface area contributed by atoms with Gasteiger partial charge >= 0.3 is 17.9 Å². The lowest BCUT2D eigenvalue weighted by atomic mass is 10.0. The largest absolute Gasteiger partial charge is 0.462 e. The first-order chi connectivity index (χ1) is 37.5. The lowest BCUT2D eigenvalue weighted by molar-refractivity contribution is -0.167. The zero-order chi connectivity index (χ0) is 55.0. The molecule has 0 saturated heterocycles. The molecule has 0 amide bonds. The van der Waals surface area contributed by atoms with Crippen molar-refractivity contribution >= 4 is 17.9 Å². The third kappa shape index (κ3) is 62.2. The Morgan fingerprint density at radius 3 is 0.803 bits per heavy atom. The first kappa shape index (κ1) is 73.4. The molecule has 0 fully saturated rings. The van der Waals surface area contributed by atoms with Crippen LogP contribution in [0.1, 0.15) is 361 Å². The van der Waals surface area contributed by atoms with Crippen molar-refractivity contribution in [3.05, 3.63) is 48.6 Å². The van der Waals surface area contributed by atoms with Gasteiger partial charge in [0.15, 0.2) is 6.10 Å². The van der Waals surface area contributed by atoms with Gasteiger partial charge < -0.3 is 14.2 Å². The average molecular weight is 1070 g/mol. The van der Waals surface area contributed by atoms with Gasteiger partial charge in [0.05, 0.1) is 0 Å². The highest BCUT2D eigenvalue weighted by atomic mass is 16.6. The summed E-state index contributed by atoms with van der Waals surface area (Å²) in [7, 11) is 0. The Labute approximate surface area is 473 Å². The molecule has 0 aromatic heterocycles. The van der Waals surface area contributed by atoms with E-state index < -0.39 is 6.10 Å². The summed E-state index contributed by atoms with van der Waals surface area (Å²) in [5, 5.41) is 0. The van der Waals surface area contributed by atoms with E-state index in [4.69, 9.17) is 14.2 Å². The van der Waals surface area contributed by atoms with E-state index in [-0.39, 0.29) is 31.1 Å². The highest BCUT2D eigenvalue weighted by molar-refractivity contribution is 5.71. The lowest BCUT2D eigenvalue weighted by Crippen LogP contribution is -2.30. The van der Waals surface area contributed by atoms with Crippen molar-refractivity contribution in [3.63, 3.8) is 0 Å². The molecule has 0 rings (SSSR count). The van der Waals surface area contributed by atoms with Crippen LogP contribution in [0.3, 0.4) is 0 Å². The zero-order valence-corrected chi connectivity index (χ0v) is 51.0. The molecule has 0 spiro atoms. The van der Waals surface area contributed by atoms with Crippen molar-refractivity contribution in [3.8, 4) is 0 Å². The Morgan fingerprint density at radius 2 is 0.513 bits per heavy atom. The highest BCUT2D eigenvalue weighted by Gasteiger charge is 2.19. The molecule has 1 unspecified atom stereocenters. The minimum Gasteiger partial charge on any atom is -0.462 e. The predicted octanol–water partition coefficient (Wildman–Crippen LogP) is 22.9. The van der Waals surface area contributed by atoms with Crippen LogP contribution in [0.15, 0.2) is 48.6 Å². The van der Waals surface area contributed by atoms with Crippen LogP contribution < -0.4 is 0 Å². The molecule has 0 heterocycles. The number of ether oxygens (including phenoxy) is 3. The number of carbonyl (C=O) groups excluding carboxylic acids is 3. The molecule has 0 aliphatic carbocycles. The van der Waals surface area contributed by atoms with Crippen LogP contribution in [0.5, 0.6) is 0 Å². The maximum absolute atomic E-state index is 12.9. The van der Waals surface area contributed by atoms with Gasteiger partial charge in [-0.15, -0.1) is 0 Å². The van der Waals surface area contributed by atoms with E-state index in [1.165, 1.54) is 238 Å². The Morgan fingerprint density at radius 1 is 0.276 bits per heavy atom. The summed E-state index contributed by atoms with van der Waals surface area (Å²) in [5.41, 5.74) is 0. The van der Waals surface area contributed by atoms with E-state index in [1.807, 2.05) is 0 Å². The van der Waals surface area contributed by atoms with Gasteiger partial charge in [0, 0.05) is 19.3 Å². The molecule has 0 aromatic carbocycles. The summed E-state index contributed by atoms with van der Waals surface area (Å²) in [6, 6.07) is 0. The van der Waals surface area contributed by atoms with Crippen molar-refractivity contribution in [1.29, 1.82) is 0 Å². The minimum absolute atomic E-state index is 0.0659. The molecule has 444 valence electrons. The Hall–Kier alpha value is -2.63. The molecule has 0 radical (unpaired) electrons. The molecule has 0 bridgehead atoms. The second kappa shape index (κ2) is 64.9. The number of allylic oxidation sites excluding steroid dienone is 8. The van der Waals surface area contributed by atoms with Gasteiger partial charge in [-0.05, 0) is 57.8 Å². The van der Waals surface area contributed by atoms with E-state index in [0.717, 1.165) is 83.5 Å². The van der Waals surface area contributed by atoms with Crippen LogP contribution in [0, 0.1) is 0 Å². The van der Waals surface area contributed by atoms with Crippen LogP contribution in [0.25, 0.3) is 0 Å². The van der Waals surface area contributed by atoms with Gasteiger partial charge in [-0.3, -0.25) is 14.4 Å². The summed E-state index contributed by atoms with van der Waals surface area (Å²) in [6.07, 6.45) is 81.4. The van der Waals surface area contributed by atoms with Crippen LogP contribution in [-0.4, -0.2) is 37.2 Å². The van der Waals surface area contributed by atoms with Gasteiger partial charge in [0.2, 0.25) is 0 Å². The molecule has 0 aliphatic heterocycles. The SMILES string of the molecule is CC/C=C\C/C=C\C/C=C\C/C=C\CCCCCCCCCCCCCCCCCCC(=O)OCC(COC(=O)CCCCCCCCCCCCC)OC(=O)CCCCCCCCCCCCCCCCCCCC. The van der Waals surface area contributed by atoms with Crippen LogP contribution in [0.2, 0.25) is 0 Å². The van der Waals surface area contributed by atoms with Crippen LogP contribution >= 0.6 is 0 Å². The van der Waals surface area contributed by atoms with E-state index in [1.54, 1.807) is 0 Å². The maximum Gasteiger partial charge on any atom is 0.306 e. The van der Waals surface area contributed by atoms with Crippen molar-refractivity contribution in [1.82, 2.24) is 0 Å². The molecular formula is C70H128O6. The number of rotatable bonds is 62. The summed E-state index contributed by atoms with van der Waals surface area (Å²) < 4.78 is 16.9. The van der Waals surface area contributed by atoms with Crippen molar-refractivity contribution < 1.29 is 28.6 Å². The second-order valence-electron chi connectivity index (χ2n) is 22.7. The smallest absolute Gasteiger partial charge is 0.306 e. The first-order valence-electron chi connectivity index (χ1n) is 33.6. The zero-order valence-electron chi connectivity index (χ0n) is 51.0. The standard InChI is InChI=1S/C70H128O6/c1-4-7-10-13-16-19-22-24-26-28-30-31-32-33-34-35-36-37-38-39-40-42-43-45-48-51-54-57-60-63-69(72)75-66-67(65-74-68(71)62-59-56-53-50-47-21-18-15-12-9-6-3)76-70(73)64-61-58-55-52-49-46-44-41-29-27-25-23-20-17-14-11-8-5-2/h7,10,16,19,24,26,30-31,67H,4-6,8-9,11-15,17-18,20-23,25,27-29,32-66H2,1-3H3/b10-7-,19-16-,26-24-,31-30-. The van der Waals surface area contributed by atoms with Crippen molar-refractivity contribution in [2.45, 2.75) is 367 Å². The Kier molecular flexibility index (Phi) is 62.6. The number of unbranched alkanes of at least 4 members (excludes halogenated alkanes) is 43. The monoisotopic (exact) mass is 1060 g/mol.